The minimum Gasteiger partial charge on any atom is -0.340 e. The van der Waals surface area contributed by atoms with E-state index in [1.807, 2.05) is 13.8 Å². The van der Waals surface area contributed by atoms with E-state index in [1.165, 1.54) is 36.4 Å². The third-order valence-corrected chi connectivity index (χ3v) is 6.54. The smallest absolute Gasteiger partial charge is 0.261 e. The standard InChI is InChI=1S/C22H23FN4O4S/c1-13(2)19(22-25-20(26-31-22)14-3-4-14)24-21(28)15-5-9-17(10-6-15)27-32(29,30)18-11-7-16(23)8-12-18/h5-14,19,27H,3-4H2,1-2H3,(H,24,28). The molecule has 0 radical (unpaired) electrons. The van der Waals surface area contributed by atoms with Crippen molar-refractivity contribution in [2.24, 2.45) is 5.92 Å². The summed E-state index contributed by atoms with van der Waals surface area (Å²) in [7, 11) is -3.87. The number of hydrogen-bond acceptors (Lipinski definition) is 6. The molecule has 1 unspecified atom stereocenters. The van der Waals surface area contributed by atoms with Gasteiger partial charge >= 0.3 is 0 Å². The van der Waals surface area contributed by atoms with E-state index >= 15 is 0 Å². The van der Waals surface area contributed by atoms with Gasteiger partial charge in [-0.3, -0.25) is 9.52 Å². The maximum Gasteiger partial charge on any atom is 0.261 e. The molecular formula is C22H23FN4O4S. The minimum atomic E-state index is -3.87. The molecule has 2 N–H and O–H groups in total. The van der Waals surface area contributed by atoms with Crippen molar-refractivity contribution in [1.29, 1.82) is 0 Å². The highest BCUT2D eigenvalue weighted by atomic mass is 32.2. The van der Waals surface area contributed by atoms with Crippen molar-refractivity contribution in [3.63, 3.8) is 0 Å². The van der Waals surface area contributed by atoms with Crippen molar-refractivity contribution in [2.45, 2.75) is 43.5 Å². The lowest BCUT2D eigenvalue weighted by Crippen LogP contribution is -2.32. The number of halogens is 1. The second kappa shape index (κ2) is 8.70. The van der Waals surface area contributed by atoms with Crippen LogP contribution in [0.15, 0.2) is 57.9 Å². The molecule has 1 amide bonds. The van der Waals surface area contributed by atoms with Crippen molar-refractivity contribution in [3.05, 3.63) is 71.6 Å². The number of anilines is 1. The quantitative estimate of drug-likeness (QED) is 0.527. The van der Waals surface area contributed by atoms with Crippen LogP contribution in [0.25, 0.3) is 0 Å². The third kappa shape index (κ3) is 4.96. The van der Waals surface area contributed by atoms with Crippen LogP contribution in [-0.4, -0.2) is 24.5 Å². The first-order valence-electron chi connectivity index (χ1n) is 10.3. The number of rotatable bonds is 8. The van der Waals surface area contributed by atoms with E-state index in [0.717, 1.165) is 25.0 Å². The molecule has 3 aromatic rings. The highest BCUT2D eigenvalue weighted by molar-refractivity contribution is 7.92. The molecule has 10 heteroatoms. The minimum absolute atomic E-state index is 0.0215. The van der Waals surface area contributed by atoms with E-state index in [1.54, 1.807) is 0 Å². The van der Waals surface area contributed by atoms with Gasteiger partial charge in [-0.15, -0.1) is 0 Å². The predicted molar refractivity (Wildman–Crippen MR) is 115 cm³/mol. The normalized spacial score (nSPS) is 14.9. The second-order valence-corrected chi connectivity index (χ2v) is 9.78. The number of benzene rings is 2. The van der Waals surface area contributed by atoms with E-state index in [0.29, 0.717) is 23.2 Å². The molecule has 0 saturated heterocycles. The molecule has 2 aromatic carbocycles. The van der Waals surface area contributed by atoms with Crippen molar-refractivity contribution in [3.8, 4) is 0 Å². The highest BCUT2D eigenvalue weighted by Gasteiger charge is 2.31. The third-order valence-electron chi connectivity index (χ3n) is 5.14. The Morgan fingerprint density at radius 1 is 1.09 bits per heavy atom. The zero-order chi connectivity index (χ0) is 22.9. The van der Waals surface area contributed by atoms with E-state index in [9.17, 15) is 17.6 Å². The van der Waals surface area contributed by atoms with Crippen LogP contribution in [0.5, 0.6) is 0 Å². The van der Waals surface area contributed by atoms with Gasteiger partial charge in [-0.25, -0.2) is 12.8 Å². The van der Waals surface area contributed by atoms with Gasteiger partial charge in [0.15, 0.2) is 5.82 Å². The fourth-order valence-corrected chi connectivity index (χ4v) is 4.20. The number of amides is 1. The maximum atomic E-state index is 13.0. The van der Waals surface area contributed by atoms with Crippen molar-refractivity contribution >= 4 is 21.6 Å². The molecule has 32 heavy (non-hydrogen) atoms. The van der Waals surface area contributed by atoms with Crippen molar-refractivity contribution < 1.29 is 22.1 Å². The Morgan fingerprint density at radius 2 is 1.75 bits per heavy atom. The van der Waals surface area contributed by atoms with Gasteiger partial charge in [-0.2, -0.15) is 4.98 Å². The molecule has 1 aliphatic carbocycles. The molecule has 1 saturated carbocycles. The van der Waals surface area contributed by atoms with Gasteiger partial charge in [0.2, 0.25) is 5.89 Å². The molecule has 0 spiro atoms. The molecular weight excluding hydrogens is 435 g/mol. The first-order chi connectivity index (χ1) is 15.2. The molecule has 1 fully saturated rings. The molecule has 168 valence electrons. The number of hydrogen-bond donors (Lipinski definition) is 2. The predicted octanol–water partition coefficient (Wildman–Crippen LogP) is 4.01. The number of nitrogens with one attached hydrogen (secondary N) is 2. The van der Waals surface area contributed by atoms with E-state index in [2.05, 4.69) is 20.2 Å². The van der Waals surface area contributed by atoms with Crippen molar-refractivity contribution in [1.82, 2.24) is 15.5 Å². The van der Waals surface area contributed by atoms with Gasteiger partial charge in [-0.1, -0.05) is 19.0 Å². The van der Waals surface area contributed by atoms with Crippen LogP contribution in [0.3, 0.4) is 0 Å². The fraction of sp³-hybridized carbons (Fsp3) is 0.318. The number of aromatic nitrogens is 2. The number of carbonyl (C=O) groups is 1. The van der Waals surface area contributed by atoms with E-state index < -0.39 is 21.9 Å². The van der Waals surface area contributed by atoms with Crippen LogP contribution in [-0.2, 0) is 10.0 Å². The maximum absolute atomic E-state index is 13.0. The van der Waals surface area contributed by atoms with E-state index in [-0.39, 0.29) is 22.4 Å². The Kier molecular flexibility index (Phi) is 5.96. The number of nitrogens with zero attached hydrogens (tertiary/aromatic N) is 2. The summed E-state index contributed by atoms with van der Waals surface area (Å²) in [5, 5.41) is 6.92. The summed E-state index contributed by atoms with van der Waals surface area (Å²) in [5.41, 5.74) is 0.625. The molecule has 0 bridgehead atoms. The molecule has 1 aromatic heterocycles. The van der Waals surface area contributed by atoms with Crippen molar-refractivity contribution in [2.75, 3.05) is 4.72 Å². The Morgan fingerprint density at radius 3 is 2.34 bits per heavy atom. The summed E-state index contributed by atoms with van der Waals surface area (Å²) in [4.78, 5) is 17.1. The zero-order valence-corrected chi connectivity index (χ0v) is 18.4. The summed E-state index contributed by atoms with van der Waals surface area (Å²) in [5.74, 6) is 0.554. The van der Waals surface area contributed by atoms with Crippen LogP contribution < -0.4 is 10.0 Å². The molecule has 4 rings (SSSR count). The highest BCUT2D eigenvalue weighted by Crippen LogP contribution is 2.38. The zero-order valence-electron chi connectivity index (χ0n) is 17.6. The Hall–Kier alpha value is -3.27. The summed E-state index contributed by atoms with van der Waals surface area (Å²) in [6, 6.07) is 10.1. The summed E-state index contributed by atoms with van der Waals surface area (Å²) < 4.78 is 45.7. The van der Waals surface area contributed by atoms with Crippen LogP contribution in [0.1, 0.15) is 60.7 Å². The Balaban J connectivity index is 1.44. The van der Waals surface area contributed by atoms with Crippen LogP contribution in [0.4, 0.5) is 10.1 Å². The summed E-state index contributed by atoms with van der Waals surface area (Å²) in [6.07, 6.45) is 2.10. The lowest BCUT2D eigenvalue weighted by atomic mass is 10.0. The largest absolute Gasteiger partial charge is 0.340 e. The van der Waals surface area contributed by atoms with Crippen LogP contribution in [0, 0.1) is 11.7 Å². The number of sulfonamides is 1. The topological polar surface area (TPSA) is 114 Å². The molecule has 1 aliphatic rings. The van der Waals surface area contributed by atoms with Gasteiger partial charge < -0.3 is 9.84 Å². The monoisotopic (exact) mass is 458 g/mol. The lowest BCUT2D eigenvalue weighted by molar-refractivity contribution is 0.0914. The molecule has 8 nitrogen and oxygen atoms in total. The van der Waals surface area contributed by atoms with Crippen LogP contribution in [0.2, 0.25) is 0 Å². The summed E-state index contributed by atoms with van der Waals surface area (Å²) >= 11 is 0. The second-order valence-electron chi connectivity index (χ2n) is 8.10. The molecule has 1 atom stereocenters. The van der Waals surface area contributed by atoms with Crippen LogP contribution >= 0.6 is 0 Å². The lowest BCUT2D eigenvalue weighted by Gasteiger charge is -2.18. The SMILES string of the molecule is CC(C)C(NC(=O)c1ccc(NS(=O)(=O)c2ccc(F)cc2)cc1)c1nc(C2CC2)no1. The van der Waals surface area contributed by atoms with Gasteiger partial charge in [0, 0.05) is 17.2 Å². The number of carbonyl (C=O) groups excluding carboxylic acids is 1. The average Bonchev–Trinajstić information content (AvgIpc) is 3.49. The van der Waals surface area contributed by atoms with Gasteiger partial charge in [0.25, 0.3) is 15.9 Å². The van der Waals surface area contributed by atoms with Gasteiger partial charge in [-0.05, 0) is 67.3 Å². The molecule has 0 aliphatic heterocycles. The van der Waals surface area contributed by atoms with Gasteiger partial charge in [0.1, 0.15) is 11.9 Å². The fourth-order valence-electron chi connectivity index (χ4n) is 3.14. The Labute approximate surface area is 185 Å². The van der Waals surface area contributed by atoms with E-state index in [4.69, 9.17) is 4.52 Å². The first kappa shape index (κ1) is 21.9. The first-order valence-corrected chi connectivity index (χ1v) is 11.7. The summed E-state index contributed by atoms with van der Waals surface area (Å²) in [6.45, 7) is 3.89. The van der Waals surface area contributed by atoms with Gasteiger partial charge in [0.05, 0.1) is 4.90 Å². The Bertz CT molecular complexity index is 1200. The average molecular weight is 459 g/mol. The molecule has 1 heterocycles.